The van der Waals surface area contributed by atoms with Crippen LogP contribution in [0.15, 0.2) is 24.3 Å². The molecule has 0 aliphatic heterocycles. The van der Waals surface area contributed by atoms with Gasteiger partial charge in [0.25, 0.3) is 5.91 Å². The van der Waals surface area contributed by atoms with E-state index in [9.17, 15) is 9.59 Å². The number of hydrogen-bond donors (Lipinski definition) is 2. The molecule has 1 rings (SSSR count). The summed E-state index contributed by atoms with van der Waals surface area (Å²) in [7, 11) is 0. The van der Waals surface area contributed by atoms with Crippen LogP contribution in [0.4, 0.5) is 0 Å². The highest BCUT2D eigenvalue weighted by atomic mass is 16.5. The Morgan fingerprint density at radius 3 is 2.88 bits per heavy atom. The molecule has 1 unspecified atom stereocenters. The van der Waals surface area contributed by atoms with E-state index in [2.05, 4.69) is 5.32 Å². The molecule has 1 aromatic rings. The first-order valence-electron chi connectivity index (χ1n) is 4.78. The molecule has 0 saturated carbocycles. The second-order valence-electron chi connectivity index (χ2n) is 3.19. The number of para-hydroxylation sites is 1. The fourth-order valence-electron chi connectivity index (χ4n) is 1.13. The van der Waals surface area contributed by atoms with E-state index in [1.807, 2.05) is 0 Å². The molecule has 1 atom stereocenters. The summed E-state index contributed by atoms with van der Waals surface area (Å²) < 4.78 is 5.14. The molecular weight excluding hydrogens is 210 g/mol. The Hall–Kier alpha value is -1.88. The largest absolute Gasteiger partial charge is 0.483 e. The number of amides is 1. The van der Waals surface area contributed by atoms with Crippen LogP contribution in [0.2, 0.25) is 0 Å². The van der Waals surface area contributed by atoms with Crippen LogP contribution in [0.25, 0.3) is 0 Å². The Kier molecular flexibility index (Phi) is 4.47. The second kappa shape index (κ2) is 5.87. The first-order valence-corrected chi connectivity index (χ1v) is 4.78. The van der Waals surface area contributed by atoms with E-state index in [-0.39, 0.29) is 6.61 Å². The highest BCUT2D eigenvalue weighted by Crippen LogP contribution is 2.15. The topological polar surface area (TPSA) is 75.6 Å². The van der Waals surface area contributed by atoms with Crippen LogP contribution in [0.1, 0.15) is 17.3 Å². The van der Waals surface area contributed by atoms with Crippen molar-refractivity contribution in [3.8, 4) is 5.75 Å². The smallest absolute Gasteiger partial charge is 0.259 e. The van der Waals surface area contributed by atoms with Gasteiger partial charge in [0.15, 0.2) is 12.9 Å². The molecule has 5 nitrogen and oxygen atoms in total. The minimum Gasteiger partial charge on any atom is -0.483 e. The predicted octanol–water partition coefficient (Wildman–Crippen LogP) is 0.332. The van der Waals surface area contributed by atoms with Crippen molar-refractivity contribution in [3.05, 3.63) is 29.8 Å². The number of benzene rings is 1. The van der Waals surface area contributed by atoms with Crippen molar-refractivity contribution in [1.82, 2.24) is 5.32 Å². The van der Waals surface area contributed by atoms with Gasteiger partial charge in [0, 0.05) is 0 Å². The lowest BCUT2D eigenvalue weighted by Gasteiger charge is -2.10. The van der Waals surface area contributed by atoms with E-state index < -0.39 is 12.1 Å². The van der Waals surface area contributed by atoms with Gasteiger partial charge in [-0.1, -0.05) is 12.1 Å². The summed E-state index contributed by atoms with van der Waals surface area (Å²) in [5.74, 6) is -0.103. The first-order chi connectivity index (χ1) is 7.63. The van der Waals surface area contributed by atoms with Crippen LogP contribution in [0.5, 0.6) is 5.75 Å². The van der Waals surface area contributed by atoms with Crippen molar-refractivity contribution in [2.45, 2.75) is 13.2 Å². The number of aliphatic hydroxyl groups is 1. The fourth-order valence-corrected chi connectivity index (χ4v) is 1.13. The van der Waals surface area contributed by atoms with Crippen LogP contribution in [0.3, 0.4) is 0 Å². The number of rotatable bonds is 5. The minimum absolute atomic E-state index is 0.240. The van der Waals surface area contributed by atoms with Crippen LogP contribution >= 0.6 is 0 Å². The van der Waals surface area contributed by atoms with Gasteiger partial charge >= 0.3 is 0 Å². The zero-order valence-electron chi connectivity index (χ0n) is 8.84. The molecule has 5 heteroatoms. The van der Waals surface area contributed by atoms with Crippen LogP contribution in [-0.2, 0) is 4.79 Å². The monoisotopic (exact) mass is 223 g/mol. The zero-order chi connectivity index (χ0) is 12.0. The van der Waals surface area contributed by atoms with E-state index in [4.69, 9.17) is 9.84 Å². The molecule has 0 bridgehead atoms. The summed E-state index contributed by atoms with van der Waals surface area (Å²) in [5, 5.41) is 11.1. The van der Waals surface area contributed by atoms with E-state index >= 15 is 0 Å². The molecule has 0 fully saturated rings. The molecule has 2 N–H and O–H groups in total. The van der Waals surface area contributed by atoms with E-state index in [0.29, 0.717) is 17.6 Å². The Balaban J connectivity index is 2.54. The number of aliphatic hydroxyl groups excluding tert-OH is 1. The van der Waals surface area contributed by atoms with Crippen LogP contribution in [0, 0.1) is 0 Å². The molecule has 0 aliphatic carbocycles. The Bertz CT molecular complexity index is 376. The minimum atomic E-state index is -0.919. The summed E-state index contributed by atoms with van der Waals surface area (Å²) in [5.41, 5.74) is 0.382. The van der Waals surface area contributed by atoms with E-state index in [0.717, 1.165) is 0 Å². The molecule has 0 heterocycles. The van der Waals surface area contributed by atoms with Gasteiger partial charge in [0.05, 0.1) is 5.56 Å². The average Bonchev–Trinajstić information content (AvgIpc) is 2.26. The standard InChI is InChI=1S/C11H13NO4/c1-8(14)12-11(15)7-16-10-5-3-2-4-9(10)6-13/h2-6,8,14H,7H2,1H3,(H,12,15). The maximum absolute atomic E-state index is 11.1. The normalized spacial score (nSPS) is 11.6. The number of ether oxygens (including phenoxy) is 1. The number of aldehydes is 1. The van der Waals surface area contributed by atoms with Crippen molar-refractivity contribution in [2.24, 2.45) is 0 Å². The molecular formula is C11H13NO4. The molecule has 0 saturated heterocycles. The second-order valence-corrected chi connectivity index (χ2v) is 3.19. The lowest BCUT2D eigenvalue weighted by atomic mass is 10.2. The van der Waals surface area contributed by atoms with Crippen LogP contribution < -0.4 is 10.1 Å². The quantitative estimate of drug-likeness (QED) is 0.557. The van der Waals surface area contributed by atoms with E-state index in [1.165, 1.54) is 6.92 Å². The average molecular weight is 223 g/mol. The summed E-state index contributed by atoms with van der Waals surface area (Å²) in [4.78, 5) is 21.8. The summed E-state index contributed by atoms with van der Waals surface area (Å²) >= 11 is 0. The zero-order valence-corrected chi connectivity index (χ0v) is 8.84. The third kappa shape index (κ3) is 3.70. The molecule has 0 spiro atoms. The maximum atomic E-state index is 11.1. The van der Waals surface area contributed by atoms with Gasteiger partial charge < -0.3 is 15.2 Å². The third-order valence-electron chi connectivity index (χ3n) is 1.77. The van der Waals surface area contributed by atoms with Crippen molar-refractivity contribution < 1.29 is 19.4 Å². The first kappa shape index (κ1) is 12.2. The Morgan fingerprint density at radius 1 is 1.56 bits per heavy atom. The van der Waals surface area contributed by atoms with Crippen molar-refractivity contribution in [3.63, 3.8) is 0 Å². The number of hydrogen-bond acceptors (Lipinski definition) is 4. The van der Waals surface area contributed by atoms with Crippen molar-refractivity contribution in [2.75, 3.05) is 6.61 Å². The molecule has 1 aromatic carbocycles. The van der Waals surface area contributed by atoms with Gasteiger partial charge in [-0.2, -0.15) is 0 Å². The fraction of sp³-hybridized carbons (Fsp3) is 0.273. The highest BCUT2D eigenvalue weighted by Gasteiger charge is 2.07. The van der Waals surface area contributed by atoms with Gasteiger partial charge in [-0.25, -0.2) is 0 Å². The number of carbonyl (C=O) groups is 2. The highest BCUT2D eigenvalue weighted by molar-refractivity contribution is 5.80. The van der Waals surface area contributed by atoms with Crippen LogP contribution in [-0.4, -0.2) is 30.1 Å². The number of nitrogens with one attached hydrogen (secondary N) is 1. The summed E-state index contributed by atoms with van der Waals surface area (Å²) in [6.07, 6.45) is -0.264. The van der Waals surface area contributed by atoms with Gasteiger partial charge in [-0.05, 0) is 19.1 Å². The number of carbonyl (C=O) groups excluding carboxylic acids is 2. The summed E-state index contributed by atoms with van der Waals surface area (Å²) in [6, 6.07) is 6.59. The van der Waals surface area contributed by atoms with Crippen molar-refractivity contribution in [1.29, 1.82) is 0 Å². The molecule has 0 aliphatic rings. The predicted molar refractivity (Wildman–Crippen MR) is 57.1 cm³/mol. The lowest BCUT2D eigenvalue weighted by molar-refractivity contribution is -0.125. The maximum Gasteiger partial charge on any atom is 0.259 e. The van der Waals surface area contributed by atoms with Gasteiger partial charge in [0.2, 0.25) is 0 Å². The van der Waals surface area contributed by atoms with E-state index in [1.54, 1.807) is 24.3 Å². The van der Waals surface area contributed by atoms with Crippen molar-refractivity contribution >= 4 is 12.2 Å². The molecule has 0 radical (unpaired) electrons. The Labute approximate surface area is 93.0 Å². The molecule has 16 heavy (non-hydrogen) atoms. The molecule has 1 amide bonds. The lowest BCUT2D eigenvalue weighted by Crippen LogP contribution is -2.35. The van der Waals surface area contributed by atoms with Gasteiger partial charge in [-0.15, -0.1) is 0 Å². The SMILES string of the molecule is CC(O)NC(=O)COc1ccccc1C=O. The summed E-state index contributed by atoms with van der Waals surface area (Å²) in [6.45, 7) is 1.19. The molecule has 86 valence electrons. The van der Waals surface area contributed by atoms with Gasteiger partial charge in [0.1, 0.15) is 12.0 Å². The Morgan fingerprint density at radius 2 is 2.25 bits per heavy atom. The van der Waals surface area contributed by atoms with Gasteiger partial charge in [-0.3, -0.25) is 9.59 Å². The molecule has 0 aromatic heterocycles. The third-order valence-corrected chi connectivity index (χ3v) is 1.77.